The van der Waals surface area contributed by atoms with Gasteiger partial charge in [-0.3, -0.25) is 9.97 Å². The number of nitrogens with zero attached hydrogens (tertiary/aromatic N) is 6. The van der Waals surface area contributed by atoms with Crippen LogP contribution in [0.5, 0.6) is 0 Å². The van der Waals surface area contributed by atoms with E-state index >= 15 is 0 Å². The summed E-state index contributed by atoms with van der Waals surface area (Å²) in [5, 5.41) is 32.6. The summed E-state index contributed by atoms with van der Waals surface area (Å²) in [5.41, 5.74) is 19.0. The third-order valence-electron chi connectivity index (χ3n) is 16.7. The normalized spacial score (nSPS) is 11.5. The van der Waals surface area contributed by atoms with Gasteiger partial charge in [0, 0.05) is 45.1 Å². The number of nitriles is 2. The van der Waals surface area contributed by atoms with E-state index in [1.165, 1.54) is 0 Å². The monoisotopic (exact) mass is 1060 g/mol. The average Bonchev–Trinajstić information content (AvgIpc) is 3.35. The Morgan fingerprint density at radius 1 is 0.238 bits per heavy atom. The highest BCUT2D eigenvalue weighted by molar-refractivity contribution is 6.09. The quantitative estimate of drug-likeness (QED) is 0.147. The standard InChI is InChI=1S/C78H44N6/c79-45-47-13-17-49(18-14-47)66-44-64(37-61-9-3-4-12-65(61)66)68-42-62-35-57(26-28-60(62)41-71(68)73-31-29-53-23-21-51-10-5-33-81-75(51)77(53)83-73)58-25-27-59-38-67(50-19-15-48(46-80)16-20-50)69(43-63(59)36-58)70-39-55-7-1-2-8-56(55)40-72(70)74-32-30-54-24-22-52-11-6-34-82-76(52)78(54)84-74/h1-44H. The first-order valence-electron chi connectivity index (χ1n) is 28.0. The highest BCUT2D eigenvalue weighted by Gasteiger charge is 2.20. The number of rotatable bonds is 7. The molecule has 84 heavy (non-hydrogen) atoms. The Kier molecular flexibility index (Phi) is 11.2. The zero-order valence-corrected chi connectivity index (χ0v) is 45.1. The Labute approximate surface area is 483 Å². The molecule has 4 heterocycles. The van der Waals surface area contributed by atoms with Gasteiger partial charge in [0.25, 0.3) is 0 Å². The van der Waals surface area contributed by atoms with Gasteiger partial charge in [0.15, 0.2) is 0 Å². The molecular weight excluding hydrogens is 1020 g/mol. The van der Waals surface area contributed by atoms with Crippen LogP contribution in [0.25, 0.3) is 165 Å². The van der Waals surface area contributed by atoms with Crippen molar-refractivity contribution < 1.29 is 0 Å². The summed E-state index contributed by atoms with van der Waals surface area (Å²) in [4.78, 5) is 20.5. The number of benzene rings is 12. The Hall–Kier alpha value is -11.7. The Morgan fingerprint density at radius 3 is 1.17 bits per heavy atom. The third kappa shape index (κ3) is 8.25. The second-order valence-electron chi connectivity index (χ2n) is 21.6. The molecule has 6 nitrogen and oxygen atoms in total. The Balaban J connectivity index is 0.888. The first-order valence-corrected chi connectivity index (χ1v) is 28.0. The van der Waals surface area contributed by atoms with E-state index in [2.05, 4.69) is 218 Å². The van der Waals surface area contributed by atoms with Crippen molar-refractivity contribution in [3.63, 3.8) is 0 Å². The van der Waals surface area contributed by atoms with Gasteiger partial charge in [-0.1, -0.05) is 146 Å². The van der Waals surface area contributed by atoms with E-state index in [1.54, 1.807) is 0 Å². The molecule has 12 aromatic carbocycles. The molecule has 0 unspecified atom stereocenters. The van der Waals surface area contributed by atoms with E-state index in [9.17, 15) is 10.5 Å². The molecule has 0 amide bonds. The van der Waals surface area contributed by atoms with Gasteiger partial charge in [-0.25, -0.2) is 9.97 Å². The minimum absolute atomic E-state index is 0.610. The molecule has 0 bridgehead atoms. The molecule has 0 fully saturated rings. The molecule has 16 rings (SSSR count). The molecule has 16 aromatic rings. The second-order valence-corrected chi connectivity index (χ2v) is 21.6. The van der Waals surface area contributed by atoms with E-state index in [1.807, 2.05) is 60.9 Å². The molecule has 0 radical (unpaired) electrons. The number of hydrogen-bond acceptors (Lipinski definition) is 6. The van der Waals surface area contributed by atoms with Gasteiger partial charge < -0.3 is 0 Å². The highest BCUT2D eigenvalue weighted by Crippen LogP contribution is 2.45. The molecule has 386 valence electrons. The predicted molar refractivity (Wildman–Crippen MR) is 345 cm³/mol. The summed E-state index contributed by atoms with van der Waals surface area (Å²) in [5.74, 6) is 0. The summed E-state index contributed by atoms with van der Waals surface area (Å²) in [7, 11) is 0. The molecule has 6 heteroatoms. The van der Waals surface area contributed by atoms with Crippen LogP contribution in [0.3, 0.4) is 0 Å². The zero-order valence-electron chi connectivity index (χ0n) is 45.1. The van der Waals surface area contributed by atoms with Crippen LogP contribution in [0.2, 0.25) is 0 Å². The summed E-state index contributed by atoms with van der Waals surface area (Å²) >= 11 is 0. The SMILES string of the molecule is N#Cc1ccc(-c2cc3ccc(-c4ccc5cc(-c6ccc7ccc8cccnc8c7n6)c(-c6cc(-c7ccc(C#N)cc7)c7ccccc7c6)cc5c4)cc3cc2-c2cc3ccccc3cc2-c2ccc3ccc4cccnc4c3n2)cc1. The lowest BCUT2D eigenvalue weighted by atomic mass is 9.86. The minimum atomic E-state index is 0.610. The highest BCUT2D eigenvalue weighted by atomic mass is 14.8. The molecule has 0 saturated carbocycles. The van der Waals surface area contributed by atoms with Crippen molar-refractivity contribution in [3.05, 3.63) is 278 Å². The predicted octanol–water partition coefficient (Wildman–Crippen LogP) is 19.9. The fourth-order valence-electron chi connectivity index (χ4n) is 12.4. The van der Waals surface area contributed by atoms with E-state index < -0.39 is 0 Å². The number of fused-ring (bicyclic) bond motifs is 10. The Morgan fingerprint density at radius 2 is 0.607 bits per heavy atom. The smallest absolute Gasteiger partial charge is 0.0991 e. The van der Waals surface area contributed by atoms with Crippen LogP contribution in [-0.2, 0) is 0 Å². The lowest BCUT2D eigenvalue weighted by Crippen LogP contribution is -1.94. The van der Waals surface area contributed by atoms with Gasteiger partial charge in [0.1, 0.15) is 0 Å². The maximum absolute atomic E-state index is 9.87. The molecule has 0 atom stereocenters. The van der Waals surface area contributed by atoms with Crippen molar-refractivity contribution in [1.82, 2.24) is 19.9 Å². The van der Waals surface area contributed by atoms with Crippen LogP contribution in [0.15, 0.2) is 267 Å². The van der Waals surface area contributed by atoms with Crippen LogP contribution in [0.4, 0.5) is 0 Å². The summed E-state index contributed by atoms with van der Waals surface area (Å²) < 4.78 is 0. The second kappa shape index (κ2) is 19.5. The number of pyridine rings is 4. The largest absolute Gasteiger partial charge is 0.254 e. The van der Waals surface area contributed by atoms with Crippen LogP contribution in [-0.4, -0.2) is 19.9 Å². The van der Waals surface area contributed by atoms with Crippen molar-refractivity contribution >= 4 is 86.7 Å². The summed E-state index contributed by atoms with van der Waals surface area (Å²) in [6.45, 7) is 0. The van der Waals surface area contributed by atoms with E-state index in [-0.39, 0.29) is 0 Å². The molecule has 0 spiro atoms. The maximum Gasteiger partial charge on any atom is 0.0991 e. The zero-order chi connectivity index (χ0) is 55.8. The van der Waals surface area contributed by atoms with Crippen molar-refractivity contribution in [2.45, 2.75) is 0 Å². The first-order chi connectivity index (χ1) is 41.5. The van der Waals surface area contributed by atoms with Crippen LogP contribution < -0.4 is 0 Å². The van der Waals surface area contributed by atoms with Crippen LogP contribution in [0, 0.1) is 22.7 Å². The summed E-state index contributed by atoms with van der Waals surface area (Å²) in [6, 6.07) is 94.5. The van der Waals surface area contributed by atoms with Gasteiger partial charge in [-0.05, 0) is 208 Å². The fraction of sp³-hybridized carbons (Fsp3) is 0. The third-order valence-corrected chi connectivity index (χ3v) is 16.7. The molecular formula is C78H44N6. The maximum atomic E-state index is 9.87. The van der Waals surface area contributed by atoms with Crippen molar-refractivity contribution in [2.24, 2.45) is 0 Å². The first kappa shape index (κ1) is 48.2. The van der Waals surface area contributed by atoms with E-state index in [0.717, 1.165) is 165 Å². The number of aromatic nitrogens is 4. The molecule has 4 aromatic heterocycles. The van der Waals surface area contributed by atoms with Crippen molar-refractivity contribution in [3.8, 4) is 90.3 Å². The van der Waals surface area contributed by atoms with Gasteiger partial charge in [-0.2, -0.15) is 10.5 Å². The van der Waals surface area contributed by atoms with Crippen LogP contribution in [0.1, 0.15) is 11.1 Å². The van der Waals surface area contributed by atoms with Crippen molar-refractivity contribution in [2.75, 3.05) is 0 Å². The molecule has 0 aliphatic rings. The lowest BCUT2D eigenvalue weighted by Gasteiger charge is -2.18. The molecule has 0 saturated heterocycles. The minimum Gasteiger partial charge on any atom is -0.254 e. The van der Waals surface area contributed by atoms with Crippen molar-refractivity contribution in [1.29, 1.82) is 10.5 Å². The van der Waals surface area contributed by atoms with Crippen LogP contribution >= 0.6 is 0 Å². The van der Waals surface area contributed by atoms with Gasteiger partial charge in [0.05, 0.1) is 56.7 Å². The summed E-state index contributed by atoms with van der Waals surface area (Å²) in [6.07, 6.45) is 3.67. The number of hydrogen-bond donors (Lipinski definition) is 0. The van der Waals surface area contributed by atoms with Gasteiger partial charge in [-0.15, -0.1) is 0 Å². The van der Waals surface area contributed by atoms with E-state index in [4.69, 9.17) is 19.9 Å². The molecule has 0 aliphatic heterocycles. The average molecular weight is 1070 g/mol. The fourth-order valence-corrected chi connectivity index (χ4v) is 12.4. The van der Waals surface area contributed by atoms with Gasteiger partial charge >= 0.3 is 0 Å². The topological polar surface area (TPSA) is 99.1 Å². The van der Waals surface area contributed by atoms with Gasteiger partial charge in [0.2, 0.25) is 0 Å². The molecule has 0 aliphatic carbocycles. The Bertz CT molecular complexity index is 5520. The molecule has 0 N–H and O–H groups in total. The van der Waals surface area contributed by atoms with E-state index in [0.29, 0.717) is 11.1 Å². The lowest BCUT2D eigenvalue weighted by molar-refractivity contribution is 1.37.